The first-order valence-corrected chi connectivity index (χ1v) is 8.97. The van der Waals surface area contributed by atoms with Gasteiger partial charge in [-0.25, -0.2) is 0 Å². The summed E-state index contributed by atoms with van der Waals surface area (Å²) in [6, 6.07) is 11.0. The molecule has 2 nitrogen and oxygen atoms in total. The summed E-state index contributed by atoms with van der Waals surface area (Å²) in [5.41, 5.74) is 1.81. The lowest BCUT2D eigenvalue weighted by Gasteiger charge is -2.15. The fraction of sp³-hybridized carbons (Fsp3) is 0.235. The van der Waals surface area contributed by atoms with Gasteiger partial charge in [0.05, 0.1) is 11.0 Å². The maximum atomic E-state index is 12.7. The number of hydrogen-bond donors (Lipinski definition) is 0. The number of hydrogen-bond acceptors (Lipinski definition) is 1. The molecule has 5 heteroatoms. The number of halogens is 3. The maximum Gasteiger partial charge on any atom is 0.197 e. The summed E-state index contributed by atoms with van der Waals surface area (Å²) in [7, 11) is 0. The predicted molar refractivity (Wildman–Crippen MR) is 98.8 cm³/mol. The van der Waals surface area contributed by atoms with Crippen LogP contribution in [0, 0.1) is 0 Å². The Labute approximate surface area is 146 Å². The van der Waals surface area contributed by atoms with Gasteiger partial charge in [0.15, 0.2) is 5.43 Å². The van der Waals surface area contributed by atoms with Gasteiger partial charge < -0.3 is 4.57 Å². The van der Waals surface area contributed by atoms with E-state index >= 15 is 0 Å². The van der Waals surface area contributed by atoms with E-state index in [9.17, 15) is 4.79 Å². The highest BCUT2D eigenvalue weighted by Gasteiger charge is 2.11. The third-order valence-corrected chi connectivity index (χ3v) is 4.78. The van der Waals surface area contributed by atoms with Crippen LogP contribution in [-0.4, -0.2) is 9.90 Å². The Balaban J connectivity index is 2.36. The third kappa shape index (κ3) is 2.90. The molecule has 0 bridgehead atoms. The van der Waals surface area contributed by atoms with Crippen LogP contribution in [0.1, 0.15) is 12.8 Å². The first-order valence-electron chi connectivity index (χ1n) is 7.09. The third-order valence-electron chi connectivity index (χ3n) is 3.75. The summed E-state index contributed by atoms with van der Waals surface area (Å²) in [5, 5.41) is 3.39. The number of pyridine rings is 1. The molecule has 22 heavy (non-hydrogen) atoms. The highest BCUT2D eigenvalue weighted by molar-refractivity contribution is 9.09. The van der Waals surface area contributed by atoms with Gasteiger partial charge in [0.1, 0.15) is 0 Å². The summed E-state index contributed by atoms with van der Waals surface area (Å²) in [6.07, 6.45) is 2.11. The van der Waals surface area contributed by atoms with Crippen molar-refractivity contribution in [2.24, 2.45) is 0 Å². The molecule has 1 aromatic heterocycles. The minimum atomic E-state index is -0.0215. The molecule has 1 heterocycles. The SMILES string of the molecule is O=c1c2cc(Cl)ccc2n(CCCCBr)c2ccc(Cl)cc12. The van der Waals surface area contributed by atoms with Gasteiger partial charge >= 0.3 is 0 Å². The van der Waals surface area contributed by atoms with Crippen molar-refractivity contribution in [1.82, 2.24) is 4.57 Å². The molecule has 0 radical (unpaired) electrons. The van der Waals surface area contributed by atoms with E-state index in [4.69, 9.17) is 23.2 Å². The van der Waals surface area contributed by atoms with Gasteiger partial charge in [0.2, 0.25) is 0 Å². The lowest BCUT2D eigenvalue weighted by Crippen LogP contribution is -2.12. The van der Waals surface area contributed by atoms with Crippen molar-refractivity contribution >= 4 is 60.9 Å². The van der Waals surface area contributed by atoms with Crippen LogP contribution in [0.2, 0.25) is 10.0 Å². The van der Waals surface area contributed by atoms with Crippen LogP contribution in [0.25, 0.3) is 21.8 Å². The average Bonchev–Trinajstić information content (AvgIpc) is 2.51. The molecule has 0 aliphatic heterocycles. The Bertz CT molecular complexity index is 838. The van der Waals surface area contributed by atoms with E-state index in [0.717, 1.165) is 35.7 Å². The van der Waals surface area contributed by atoms with E-state index < -0.39 is 0 Å². The Morgan fingerprint density at radius 1 is 0.909 bits per heavy atom. The van der Waals surface area contributed by atoms with E-state index in [1.165, 1.54) is 0 Å². The van der Waals surface area contributed by atoms with Gasteiger partial charge in [-0.15, -0.1) is 0 Å². The zero-order valence-electron chi connectivity index (χ0n) is 11.8. The fourth-order valence-corrected chi connectivity index (χ4v) is 3.47. The number of aryl methyl sites for hydroxylation is 1. The van der Waals surface area contributed by atoms with Crippen molar-refractivity contribution < 1.29 is 0 Å². The molecule has 0 saturated carbocycles. The maximum absolute atomic E-state index is 12.7. The van der Waals surface area contributed by atoms with Crippen LogP contribution in [-0.2, 0) is 6.54 Å². The molecule has 0 aliphatic carbocycles. The standard InChI is InChI=1S/C17H14BrCl2NO/c18-7-1-2-8-21-15-5-3-11(19)9-13(15)17(22)14-10-12(20)4-6-16(14)21/h3-6,9-10H,1-2,7-8H2. The number of benzene rings is 2. The molecule has 3 aromatic rings. The van der Waals surface area contributed by atoms with E-state index in [1.807, 2.05) is 24.3 Å². The molecule has 0 unspecified atom stereocenters. The number of fused-ring (bicyclic) bond motifs is 2. The Kier molecular flexibility index (Phi) is 4.76. The van der Waals surface area contributed by atoms with Crippen LogP contribution in [0.15, 0.2) is 41.2 Å². The van der Waals surface area contributed by atoms with E-state index in [0.29, 0.717) is 20.8 Å². The number of aromatic nitrogens is 1. The van der Waals surface area contributed by atoms with Crippen LogP contribution >= 0.6 is 39.1 Å². The molecule has 114 valence electrons. The zero-order valence-corrected chi connectivity index (χ0v) is 14.9. The second kappa shape index (κ2) is 6.61. The normalized spacial score (nSPS) is 11.4. The monoisotopic (exact) mass is 397 g/mol. The number of rotatable bonds is 4. The highest BCUT2D eigenvalue weighted by atomic mass is 79.9. The van der Waals surface area contributed by atoms with Gasteiger partial charge in [0, 0.05) is 32.7 Å². The quantitative estimate of drug-likeness (QED) is 0.316. The van der Waals surface area contributed by atoms with Crippen molar-refractivity contribution in [2.45, 2.75) is 19.4 Å². The summed E-state index contributed by atoms with van der Waals surface area (Å²) in [5.74, 6) is 0. The van der Waals surface area contributed by atoms with Crippen LogP contribution in [0.3, 0.4) is 0 Å². The van der Waals surface area contributed by atoms with Crippen molar-refractivity contribution in [3.05, 3.63) is 56.7 Å². The molecule has 0 atom stereocenters. The van der Waals surface area contributed by atoms with E-state index in [1.54, 1.807) is 12.1 Å². The molecular formula is C17H14BrCl2NO. The second-order valence-corrected chi connectivity index (χ2v) is 6.87. The molecule has 0 spiro atoms. The lowest BCUT2D eigenvalue weighted by atomic mass is 10.1. The second-order valence-electron chi connectivity index (χ2n) is 5.20. The Hall–Kier alpha value is -1.03. The molecule has 2 aromatic carbocycles. The molecule has 0 saturated heterocycles. The number of alkyl halides is 1. The largest absolute Gasteiger partial charge is 0.340 e. The molecule has 0 N–H and O–H groups in total. The Morgan fingerprint density at radius 3 is 1.95 bits per heavy atom. The zero-order chi connectivity index (χ0) is 15.7. The smallest absolute Gasteiger partial charge is 0.197 e. The lowest BCUT2D eigenvalue weighted by molar-refractivity contribution is 0.668. The summed E-state index contributed by atoms with van der Waals surface area (Å²) in [6.45, 7) is 0.849. The van der Waals surface area contributed by atoms with Crippen molar-refractivity contribution in [2.75, 3.05) is 5.33 Å². The summed E-state index contributed by atoms with van der Waals surface area (Å²) >= 11 is 15.6. The van der Waals surface area contributed by atoms with E-state index in [2.05, 4.69) is 20.5 Å². The summed E-state index contributed by atoms with van der Waals surface area (Å²) < 4.78 is 2.18. The topological polar surface area (TPSA) is 22.0 Å². The van der Waals surface area contributed by atoms with Crippen LogP contribution in [0.5, 0.6) is 0 Å². The molecule has 0 aliphatic rings. The first-order chi connectivity index (χ1) is 10.6. The van der Waals surface area contributed by atoms with Crippen molar-refractivity contribution in [3.63, 3.8) is 0 Å². The Morgan fingerprint density at radius 2 is 1.45 bits per heavy atom. The summed E-state index contributed by atoms with van der Waals surface area (Å²) in [4.78, 5) is 12.7. The van der Waals surface area contributed by atoms with Crippen molar-refractivity contribution in [3.8, 4) is 0 Å². The number of nitrogens with zero attached hydrogens (tertiary/aromatic N) is 1. The predicted octanol–water partition coefficient (Wildman–Crippen LogP) is 5.64. The first kappa shape index (κ1) is 15.9. The minimum absolute atomic E-state index is 0.0215. The van der Waals surface area contributed by atoms with Gasteiger partial charge in [0.25, 0.3) is 0 Å². The minimum Gasteiger partial charge on any atom is -0.340 e. The molecule has 0 amide bonds. The molecular weight excluding hydrogens is 385 g/mol. The molecule has 3 rings (SSSR count). The number of unbranched alkanes of at least 4 members (excludes halogenated alkanes) is 1. The van der Waals surface area contributed by atoms with E-state index in [-0.39, 0.29) is 5.43 Å². The fourth-order valence-electron chi connectivity index (χ4n) is 2.73. The average molecular weight is 399 g/mol. The van der Waals surface area contributed by atoms with Gasteiger partial charge in [-0.1, -0.05) is 39.1 Å². The van der Waals surface area contributed by atoms with Crippen LogP contribution < -0.4 is 5.43 Å². The molecule has 0 fully saturated rings. The highest BCUT2D eigenvalue weighted by Crippen LogP contribution is 2.24. The van der Waals surface area contributed by atoms with Crippen molar-refractivity contribution in [1.29, 1.82) is 0 Å². The van der Waals surface area contributed by atoms with Gasteiger partial charge in [-0.2, -0.15) is 0 Å². The van der Waals surface area contributed by atoms with Gasteiger partial charge in [-0.3, -0.25) is 4.79 Å². The van der Waals surface area contributed by atoms with Gasteiger partial charge in [-0.05, 0) is 49.2 Å². The van der Waals surface area contributed by atoms with Crippen LogP contribution in [0.4, 0.5) is 0 Å².